The fourth-order valence-corrected chi connectivity index (χ4v) is 4.63. The summed E-state index contributed by atoms with van der Waals surface area (Å²) in [7, 11) is 0. The summed E-state index contributed by atoms with van der Waals surface area (Å²) >= 11 is 2.94. The van der Waals surface area contributed by atoms with Gasteiger partial charge in [0.1, 0.15) is 5.75 Å². The van der Waals surface area contributed by atoms with Crippen LogP contribution in [-0.4, -0.2) is 33.7 Å². The number of hydrogen-bond donors (Lipinski definition) is 2. The number of anilines is 1. The highest BCUT2D eigenvalue weighted by molar-refractivity contribution is 7.99. The molecule has 4 rings (SSSR count). The van der Waals surface area contributed by atoms with Gasteiger partial charge in [0.2, 0.25) is 5.91 Å². The summed E-state index contributed by atoms with van der Waals surface area (Å²) in [6, 6.07) is 18.6. The fraction of sp³-hybridized carbons (Fsp3) is 0.160. The molecule has 2 N–H and O–H groups in total. The zero-order valence-electron chi connectivity index (χ0n) is 18.6. The van der Waals surface area contributed by atoms with Crippen molar-refractivity contribution in [1.29, 1.82) is 0 Å². The summed E-state index contributed by atoms with van der Waals surface area (Å²) in [6.45, 7) is 2.93. The SMILES string of the molecule is CCOc1ccccc1NC(=O)CSc1nccn1-c1ccc(C(=O)NCc2cccs2)cc1. The van der Waals surface area contributed by atoms with E-state index >= 15 is 0 Å². The van der Waals surface area contributed by atoms with E-state index in [1.165, 1.54) is 11.8 Å². The predicted octanol–water partition coefficient (Wildman–Crippen LogP) is 4.99. The molecule has 0 fully saturated rings. The zero-order chi connectivity index (χ0) is 23.8. The first-order valence-electron chi connectivity index (χ1n) is 10.7. The Morgan fingerprint density at radius 3 is 2.68 bits per heavy atom. The van der Waals surface area contributed by atoms with Gasteiger partial charge in [-0.05, 0) is 54.8 Å². The third-order valence-corrected chi connectivity index (χ3v) is 6.65. The third-order valence-electron chi connectivity index (χ3n) is 4.81. The first kappa shape index (κ1) is 23.6. The lowest BCUT2D eigenvalue weighted by molar-refractivity contribution is -0.113. The minimum atomic E-state index is -0.149. The average molecular weight is 493 g/mol. The smallest absolute Gasteiger partial charge is 0.251 e. The number of thiophene rings is 1. The number of amides is 2. The quantitative estimate of drug-likeness (QED) is 0.305. The van der Waals surface area contributed by atoms with Crippen LogP contribution in [0.15, 0.2) is 83.6 Å². The van der Waals surface area contributed by atoms with Crippen LogP contribution in [0.2, 0.25) is 0 Å². The molecule has 2 heterocycles. The van der Waals surface area contributed by atoms with Gasteiger partial charge in [-0.2, -0.15) is 0 Å². The number of aromatic nitrogens is 2. The Bertz CT molecular complexity index is 1240. The van der Waals surface area contributed by atoms with Crippen molar-refractivity contribution in [3.63, 3.8) is 0 Å². The van der Waals surface area contributed by atoms with Crippen molar-refractivity contribution < 1.29 is 14.3 Å². The van der Waals surface area contributed by atoms with Crippen LogP contribution in [0.5, 0.6) is 5.75 Å². The molecule has 4 aromatic rings. The molecule has 7 nitrogen and oxygen atoms in total. The number of nitrogens with zero attached hydrogens (tertiary/aromatic N) is 2. The number of thioether (sulfide) groups is 1. The van der Waals surface area contributed by atoms with E-state index in [1.807, 2.05) is 71.6 Å². The van der Waals surface area contributed by atoms with Crippen molar-refractivity contribution in [3.8, 4) is 11.4 Å². The van der Waals surface area contributed by atoms with Crippen molar-refractivity contribution in [2.24, 2.45) is 0 Å². The van der Waals surface area contributed by atoms with Crippen LogP contribution in [0.25, 0.3) is 5.69 Å². The summed E-state index contributed by atoms with van der Waals surface area (Å²) in [5, 5.41) is 8.49. The van der Waals surface area contributed by atoms with Gasteiger partial charge in [-0.1, -0.05) is 30.0 Å². The van der Waals surface area contributed by atoms with Crippen molar-refractivity contribution in [2.75, 3.05) is 17.7 Å². The summed E-state index contributed by atoms with van der Waals surface area (Å²) in [4.78, 5) is 30.4. The molecule has 0 atom stereocenters. The Balaban J connectivity index is 1.35. The monoisotopic (exact) mass is 492 g/mol. The molecular formula is C25H24N4O3S2. The Morgan fingerprint density at radius 1 is 1.09 bits per heavy atom. The molecule has 174 valence electrons. The number of carbonyl (C=O) groups is 2. The van der Waals surface area contributed by atoms with Gasteiger partial charge >= 0.3 is 0 Å². The number of benzene rings is 2. The topological polar surface area (TPSA) is 85.2 Å². The summed E-state index contributed by atoms with van der Waals surface area (Å²) in [5.41, 5.74) is 2.09. The number of nitrogens with one attached hydrogen (secondary N) is 2. The molecule has 2 amide bonds. The minimum Gasteiger partial charge on any atom is -0.492 e. The van der Waals surface area contributed by atoms with E-state index in [1.54, 1.807) is 29.7 Å². The molecule has 2 aromatic heterocycles. The van der Waals surface area contributed by atoms with E-state index in [2.05, 4.69) is 15.6 Å². The summed E-state index contributed by atoms with van der Waals surface area (Å²) < 4.78 is 7.45. The highest BCUT2D eigenvalue weighted by Gasteiger charge is 2.12. The lowest BCUT2D eigenvalue weighted by Crippen LogP contribution is -2.22. The number of hydrogen-bond acceptors (Lipinski definition) is 6. The average Bonchev–Trinajstić information content (AvgIpc) is 3.55. The van der Waals surface area contributed by atoms with Crippen LogP contribution in [0, 0.1) is 0 Å². The van der Waals surface area contributed by atoms with Crippen molar-refractivity contribution >= 4 is 40.6 Å². The van der Waals surface area contributed by atoms with Crippen LogP contribution >= 0.6 is 23.1 Å². The van der Waals surface area contributed by atoms with E-state index in [4.69, 9.17) is 4.74 Å². The van der Waals surface area contributed by atoms with Gasteiger partial charge in [-0.25, -0.2) is 4.98 Å². The lowest BCUT2D eigenvalue weighted by Gasteiger charge is -2.11. The Kier molecular flexibility index (Phi) is 8.00. The Hall–Kier alpha value is -3.56. The molecule has 0 saturated carbocycles. The van der Waals surface area contributed by atoms with E-state index in [9.17, 15) is 9.59 Å². The first-order valence-corrected chi connectivity index (χ1v) is 12.6. The second kappa shape index (κ2) is 11.5. The maximum atomic E-state index is 12.5. The molecule has 0 aliphatic carbocycles. The van der Waals surface area contributed by atoms with E-state index < -0.39 is 0 Å². The molecule has 34 heavy (non-hydrogen) atoms. The van der Waals surface area contributed by atoms with Gasteiger partial charge < -0.3 is 15.4 Å². The molecule has 0 bridgehead atoms. The number of carbonyl (C=O) groups excluding carboxylic acids is 2. The van der Waals surface area contributed by atoms with Crippen molar-refractivity contribution in [1.82, 2.24) is 14.9 Å². The molecular weight excluding hydrogens is 468 g/mol. The lowest BCUT2D eigenvalue weighted by atomic mass is 10.2. The van der Waals surface area contributed by atoms with Gasteiger partial charge in [0.25, 0.3) is 5.91 Å². The Morgan fingerprint density at radius 2 is 1.91 bits per heavy atom. The highest BCUT2D eigenvalue weighted by Crippen LogP contribution is 2.25. The second-order valence-corrected chi connectivity index (χ2v) is 9.13. The molecule has 0 aliphatic heterocycles. The molecule has 0 unspecified atom stereocenters. The van der Waals surface area contributed by atoms with E-state index in [0.717, 1.165) is 10.6 Å². The third kappa shape index (κ3) is 6.06. The number of rotatable bonds is 10. The molecule has 0 aliphatic rings. The summed E-state index contributed by atoms with van der Waals surface area (Å²) in [5.74, 6) is 0.568. The van der Waals surface area contributed by atoms with Crippen LogP contribution < -0.4 is 15.4 Å². The van der Waals surface area contributed by atoms with E-state index in [0.29, 0.717) is 35.3 Å². The van der Waals surface area contributed by atoms with E-state index in [-0.39, 0.29) is 17.6 Å². The van der Waals surface area contributed by atoms with Gasteiger partial charge in [0.15, 0.2) is 5.16 Å². The van der Waals surface area contributed by atoms with Gasteiger partial charge in [-0.15, -0.1) is 11.3 Å². The van der Waals surface area contributed by atoms with Gasteiger partial charge in [0.05, 0.1) is 24.6 Å². The molecule has 9 heteroatoms. The zero-order valence-corrected chi connectivity index (χ0v) is 20.2. The number of para-hydroxylation sites is 2. The van der Waals surface area contributed by atoms with Crippen LogP contribution in [0.4, 0.5) is 5.69 Å². The van der Waals surface area contributed by atoms with Crippen molar-refractivity contribution in [2.45, 2.75) is 18.6 Å². The minimum absolute atomic E-state index is 0.121. The number of imidazole rings is 1. The van der Waals surface area contributed by atoms with Crippen LogP contribution in [-0.2, 0) is 11.3 Å². The molecule has 2 aromatic carbocycles. The standard InChI is InChI=1S/C25H24N4O3S2/c1-2-32-22-8-4-3-7-21(22)28-23(30)17-34-25-26-13-14-29(25)19-11-9-18(10-12-19)24(31)27-16-20-6-5-15-33-20/h3-15H,2,16-17H2,1H3,(H,27,31)(H,28,30). The first-order chi connectivity index (χ1) is 16.6. The molecule has 0 spiro atoms. The fourth-order valence-electron chi connectivity index (χ4n) is 3.22. The van der Waals surface area contributed by atoms with Crippen LogP contribution in [0.3, 0.4) is 0 Å². The Labute approximate surface area is 206 Å². The predicted molar refractivity (Wildman–Crippen MR) is 136 cm³/mol. The molecule has 0 saturated heterocycles. The van der Waals surface area contributed by atoms with Gasteiger partial charge in [0, 0.05) is 28.5 Å². The highest BCUT2D eigenvalue weighted by atomic mass is 32.2. The largest absolute Gasteiger partial charge is 0.492 e. The normalized spacial score (nSPS) is 10.6. The molecule has 0 radical (unpaired) electrons. The number of ether oxygens (including phenoxy) is 1. The van der Waals surface area contributed by atoms with Crippen LogP contribution in [0.1, 0.15) is 22.2 Å². The maximum Gasteiger partial charge on any atom is 0.251 e. The maximum absolute atomic E-state index is 12.5. The second-order valence-electron chi connectivity index (χ2n) is 7.15. The van der Waals surface area contributed by atoms with Crippen molar-refractivity contribution in [3.05, 3.63) is 88.9 Å². The summed E-state index contributed by atoms with van der Waals surface area (Å²) in [6.07, 6.45) is 3.52. The van der Waals surface area contributed by atoms with Gasteiger partial charge in [-0.3, -0.25) is 14.2 Å².